The molecule has 0 bridgehead atoms. The number of hydrogen-bond donors (Lipinski definition) is 0. The third-order valence-corrected chi connectivity index (χ3v) is 4.00. The van der Waals surface area contributed by atoms with E-state index in [0.29, 0.717) is 30.1 Å². The molecule has 0 aliphatic carbocycles. The Labute approximate surface area is 140 Å². The van der Waals surface area contributed by atoms with Crippen molar-refractivity contribution in [1.82, 2.24) is 8.75 Å². The average molecular weight is 376 g/mol. The molecule has 3 aromatic rings. The van der Waals surface area contributed by atoms with Gasteiger partial charge < -0.3 is 0 Å². The van der Waals surface area contributed by atoms with Crippen molar-refractivity contribution in [1.29, 1.82) is 0 Å². The Morgan fingerprint density at radius 3 is 1.92 bits per heavy atom. The Hall–Kier alpha value is -2.49. The van der Waals surface area contributed by atoms with Crippen LogP contribution < -0.4 is 0 Å². The molecule has 0 aliphatic heterocycles. The second-order valence-corrected chi connectivity index (χ2v) is 5.60. The molecular formula is C15H6F6N2OS. The Morgan fingerprint density at radius 1 is 0.840 bits per heavy atom. The monoisotopic (exact) mass is 376 g/mol. The number of nitrogens with zero attached hydrogens (tertiary/aromatic N) is 2. The molecule has 0 N–H and O–H groups in total. The van der Waals surface area contributed by atoms with E-state index in [9.17, 15) is 31.1 Å². The zero-order chi connectivity index (χ0) is 18.4. The summed E-state index contributed by atoms with van der Waals surface area (Å²) in [6.07, 6.45) is -9.41. The molecule has 1 aromatic heterocycles. The van der Waals surface area contributed by atoms with E-state index in [0.717, 1.165) is 0 Å². The zero-order valence-electron chi connectivity index (χ0n) is 11.9. The van der Waals surface area contributed by atoms with Gasteiger partial charge in [-0.3, -0.25) is 4.79 Å². The summed E-state index contributed by atoms with van der Waals surface area (Å²) in [6.45, 7) is 0. The van der Waals surface area contributed by atoms with E-state index in [-0.39, 0.29) is 33.8 Å². The van der Waals surface area contributed by atoms with Crippen LogP contribution in [0.25, 0.3) is 22.2 Å². The van der Waals surface area contributed by atoms with Gasteiger partial charge in [0.15, 0.2) is 6.29 Å². The number of carbonyl (C=O) groups is 1. The van der Waals surface area contributed by atoms with Gasteiger partial charge in [0.05, 0.1) is 22.9 Å². The van der Waals surface area contributed by atoms with Crippen LogP contribution in [0.1, 0.15) is 21.5 Å². The minimum absolute atomic E-state index is 0.0333. The molecule has 0 radical (unpaired) electrons. The highest BCUT2D eigenvalue weighted by Gasteiger charge is 2.37. The first-order chi connectivity index (χ1) is 11.6. The minimum atomic E-state index is -4.95. The number of fused-ring (bicyclic) bond motifs is 1. The lowest BCUT2D eigenvalue weighted by atomic mass is 9.97. The van der Waals surface area contributed by atoms with Gasteiger partial charge in [0, 0.05) is 11.1 Å². The third kappa shape index (κ3) is 3.21. The number of aromatic nitrogens is 2. The third-order valence-electron chi connectivity index (χ3n) is 3.47. The van der Waals surface area contributed by atoms with E-state index < -0.39 is 23.5 Å². The molecule has 0 saturated carbocycles. The Balaban J connectivity index is 2.31. The van der Waals surface area contributed by atoms with Gasteiger partial charge in [0.25, 0.3) is 0 Å². The Morgan fingerprint density at radius 2 is 1.40 bits per heavy atom. The van der Waals surface area contributed by atoms with Gasteiger partial charge in [-0.1, -0.05) is 6.07 Å². The summed E-state index contributed by atoms with van der Waals surface area (Å²) in [5.74, 6) is 0. The lowest BCUT2D eigenvalue weighted by Gasteiger charge is -2.14. The highest BCUT2D eigenvalue weighted by molar-refractivity contribution is 7.00. The normalized spacial score (nSPS) is 12.6. The van der Waals surface area contributed by atoms with E-state index >= 15 is 0 Å². The maximum absolute atomic E-state index is 13.0. The zero-order valence-corrected chi connectivity index (χ0v) is 12.8. The molecule has 3 rings (SSSR count). The first-order valence-corrected chi connectivity index (χ1v) is 7.34. The van der Waals surface area contributed by atoms with Gasteiger partial charge >= 0.3 is 12.4 Å². The second-order valence-electron chi connectivity index (χ2n) is 5.08. The van der Waals surface area contributed by atoms with E-state index in [2.05, 4.69) is 8.75 Å². The van der Waals surface area contributed by atoms with Gasteiger partial charge in [0.1, 0.15) is 11.0 Å². The van der Waals surface area contributed by atoms with Crippen molar-refractivity contribution >= 4 is 29.0 Å². The predicted molar refractivity (Wildman–Crippen MR) is 78.2 cm³/mol. The fourth-order valence-corrected chi connectivity index (χ4v) is 2.90. The fraction of sp³-hybridized carbons (Fsp3) is 0.133. The number of rotatable bonds is 2. The Kier molecular flexibility index (Phi) is 4.02. The number of carbonyl (C=O) groups excluding carboxylic acids is 1. The van der Waals surface area contributed by atoms with Crippen molar-refractivity contribution in [3.63, 3.8) is 0 Å². The summed E-state index contributed by atoms with van der Waals surface area (Å²) in [4.78, 5) is 11.0. The molecule has 25 heavy (non-hydrogen) atoms. The standard InChI is InChI=1S/C15H6F6N2OS/c16-14(17,18)9-3-8(4-10(5-9)15(19,20)21)11-2-1-7(6-24)12-13(11)23-25-22-12/h1-6H. The summed E-state index contributed by atoms with van der Waals surface area (Å²) in [6, 6.07) is 3.82. The summed E-state index contributed by atoms with van der Waals surface area (Å²) >= 11 is 0.707. The van der Waals surface area contributed by atoms with Crippen LogP contribution in [0.2, 0.25) is 0 Å². The predicted octanol–water partition coefficient (Wildman–Crippen LogP) is 5.21. The minimum Gasteiger partial charge on any atom is -0.298 e. The largest absolute Gasteiger partial charge is 0.416 e. The van der Waals surface area contributed by atoms with Crippen molar-refractivity contribution in [2.45, 2.75) is 12.4 Å². The van der Waals surface area contributed by atoms with Crippen LogP contribution in [-0.2, 0) is 12.4 Å². The van der Waals surface area contributed by atoms with Gasteiger partial charge in [0.2, 0.25) is 0 Å². The molecule has 0 unspecified atom stereocenters. The van der Waals surface area contributed by atoms with Crippen molar-refractivity contribution in [2.24, 2.45) is 0 Å². The summed E-state index contributed by atoms with van der Waals surface area (Å²) in [5, 5.41) is 0. The van der Waals surface area contributed by atoms with E-state index in [1.165, 1.54) is 12.1 Å². The van der Waals surface area contributed by atoms with E-state index in [1.807, 2.05) is 0 Å². The van der Waals surface area contributed by atoms with E-state index in [1.54, 1.807) is 0 Å². The first-order valence-electron chi connectivity index (χ1n) is 6.61. The highest BCUT2D eigenvalue weighted by atomic mass is 32.1. The smallest absolute Gasteiger partial charge is 0.298 e. The second kappa shape index (κ2) is 5.80. The molecule has 3 nitrogen and oxygen atoms in total. The number of aldehydes is 1. The SMILES string of the molecule is O=Cc1ccc(-c2cc(C(F)(F)F)cc(C(F)(F)F)c2)c2nsnc12. The van der Waals surface area contributed by atoms with Gasteiger partial charge in [-0.2, -0.15) is 35.1 Å². The van der Waals surface area contributed by atoms with Gasteiger partial charge in [-0.05, 0) is 29.8 Å². The van der Waals surface area contributed by atoms with E-state index in [4.69, 9.17) is 0 Å². The number of alkyl halides is 6. The molecule has 1 heterocycles. The number of halogens is 6. The molecule has 0 aliphatic rings. The highest BCUT2D eigenvalue weighted by Crippen LogP contribution is 2.40. The maximum Gasteiger partial charge on any atom is 0.416 e. The molecule has 0 spiro atoms. The van der Waals surface area contributed by atoms with Crippen molar-refractivity contribution in [3.8, 4) is 11.1 Å². The van der Waals surface area contributed by atoms with Crippen molar-refractivity contribution in [2.75, 3.05) is 0 Å². The van der Waals surface area contributed by atoms with Crippen LogP contribution in [0, 0.1) is 0 Å². The lowest BCUT2D eigenvalue weighted by molar-refractivity contribution is -0.143. The lowest BCUT2D eigenvalue weighted by Crippen LogP contribution is -2.11. The van der Waals surface area contributed by atoms with Gasteiger partial charge in [-0.25, -0.2) is 0 Å². The van der Waals surface area contributed by atoms with Crippen LogP contribution in [0.3, 0.4) is 0 Å². The fourth-order valence-electron chi connectivity index (χ4n) is 2.32. The molecular weight excluding hydrogens is 370 g/mol. The molecule has 2 aromatic carbocycles. The van der Waals surface area contributed by atoms with Crippen LogP contribution >= 0.6 is 11.7 Å². The number of hydrogen-bond acceptors (Lipinski definition) is 4. The van der Waals surface area contributed by atoms with Crippen LogP contribution in [0.15, 0.2) is 30.3 Å². The van der Waals surface area contributed by atoms with Crippen LogP contribution in [0.5, 0.6) is 0 Å². The van der Waals surface area contributed by atoms with Gasteiger partial charge in [-0.15, -0.1) is 0 Å². The summed E-state index contributed by atoms with van der Waals surface area (Å²) < 4.78 is 85.7. The van der Waals surface area contributed by atoms with Crippen LogP contribution in [0.4, 0.5) is 26.3 Å². The Bertz CT molecular complexity index is 929. The molecule has 0 fully saturated rings. The molecule has 0 atom stereocenters. The molecule has 0 amide bonds. The first kappa shape index (κ1) is 17.3. The average Bonchev–Trinajstić information content (AvgIpc) is 3.01. The topological polar surface area (TPSA) is 42.9 Å². The maximum atomic E-state index is 13.0. The molecule has 10 heteroatoms. The van der Waals surface area contributed by atoms with Crippen molar-refractivity contribution in [3.05, 3.63) is 47.0 Å². The quantitative estimate of drug-likeness (QED) is 0.456. The van der Waals surface area contributed by atoms with Crippen molar-refractivity contribution < 1.29 is 31.1 Å². The van der Waals surface area contributed by atoms with Crippen LogP contribution in [-0.4, -0.2) is 15.0 Å². The summed E-state index contributed by atoms with van der Waals surface area (Å²) in [5.41, 5.74) is -2.77. The number of benzene rings is 2. The summed E-state index contributed by atoms with van der Waals surface area (Å²) in [7, 11) is 0. The molecule has 0 saturated heterocycles. The molecule has 130 valence electrons.